The van der Waals surface area contributed by atoms with Gasteiger partial charge in [0.1, 0.15) is 17.6 Å². The second kappa shape index (κ2) is 9.73. The number of piperazine rings is 1. The van der Waals surface area contributed by atoms with Crippen LogP contribution in [0.15, 0.2) is 66.9 Å². The molecule has 2 amide bonds. The lowest BCUT2D eigenvalue weighted by molar-refractivity contribution is -0.138. The molecule has 1 atom stereocenters. The Kier molecular flexibility index (Phi) is 6.58. The number of carbonyl (C=O) groups is 2. The van der Waals surface area contributed by atoms with Crippen LogP contribution in [0.2, 0.25) is 0 Å². The lowest BCUT2D eigenvalue weighted by Crippen LogP contribution is -2.58. The van der Waals surface area contributed by atoms with Gasteiger partial charge in [-0.25, -0.2) is 4.98 Å². The summed E-state index contributed by atoms with van der Waals surface area (Å²) in [5.74, 6) is 1.14. The Morgan fingerprint density at radius 3 is 2.58 bits per heavy atom. The van der Waals surface area contributed by atoms with Gasteiger partial charge in [0.05, 0.1) is 7.11 Å². The number of likely N-dealkylation sites (N-methyl/N-ethyl adjacent to an activating group) is 1. The molecule has 7 nitrogen and oxygen atoms in total. The molecule has 0 aliphatic carbocycles. The van der Waals surface area contributed by atoms with E-state index in [1.54, 1.807) is 49.3 Å². The first-order valence-electron chi connectivity index (χ1n) is 10.9. The van der Waals surface area contributed by atoms with Gasteiger partial charge in [-0.1, -0.05) is 42.5 Å². The summed E-state index contributed by atoms with van der Waals surface area (Å²) in [5.41, 5.74) is 3.44. The van der Waals surface area contributed by atoms with E-state index in [-0.39, 0.29) is 11.8 Å². The minimum absolute atomic E-state index is 0.0627. The number of benzene rings is 2. The fraction of sp³-hybridized carbons (Fsp3) is 0.269. The second-order valence-corrected chi connectivity index (χ2v) is 8.02. The molecule has 1 saturated heterocycles. The van der Waals surface area contributed by atoms with Crippen LogP contribution in [-0.2, 0) is 11.2 Å². The van der Waals surface area contributed by atoms with Crippen LogP contribution in [0, 0.1) is 0 Å². The van der Waals surface area contributed by atoms with Crippen LogP contribution >= 0.6 is 0 Å². The molecule has 1 N–H and O–H groups in total. The number of nitrogens with zero attached hydrogens (tertiary/aromatic N) is 3. The maximum Gasteiger partial charge on any atom is 0.254 e. The smallest absolute Gasteiger partial charge is 0.254 e. The van der Waals surface area contributed by atoms with Gasteiger partial charge in [0.2, 0.25) is 5.91 Å². The Morgan fingerprint density at radius 1 is 1.09 bits per heavy atom. The topological polar surface area (TPSA) is 74.8 Å². The van der Waals surface area contributed by atoms with E-state index in [0.29, 0.717) is 30.9 Å². The number of aromatic nitrogens is 1. The van der Waals surface area contributed by atoms with Gasteiger partial charge >= 0.3 is 0 Å². The predicted molar refractivity (Wildman–Crippen MR) is 128 cm³/mol. The fourth-order valence-electron chi connectivity index (χ4n) is 4.25. The highest BCUT2D eigenvalue weighted by atomic mass is 16.5. The molecule has 4 rings (SSSR count). The lowest BCUT2D eigenvalue weighted by atomic mass is 9.92. The summed E-state index contributed by atoms with van der Waals surface area (Å²) in [4.78, 5) is 34.3. The molecular weight excluding hydrogens is 416 g/mol. The largest absolute Gasteiger partial charge is 0.496 e. The molecule has 0 radical (unpaired) electrons. The summed E-state index contributed by atoms with van der Waals surface area (Å²) in [7, 11) is 5.19. The fourth-order valence-corrected chi connectivity index (χ4v) is 4.25. The van der Waals surface area contributed by atoms with E-state index in [9.17, 15) is 9.59 Å². The number of pyridine rings is 1. The van der Waals surface area contributed by atoms with E-state index >= 15 is 0 Å². The first kappa shape index (κ1) is 22.3. The van der Waals surface area contributed by atoms with Crippen LogP contribution in [0.25, 0.3) is 11.1 Å². The van der Waals surface area contributed by atoms with Crippen molar-refractivity contribution in [2.75, 3.05) is 39.6 Å². The van der Waals surface area contributed by atoms with Crippen molar-refractivity contribution in [1.82, 2.24) is 14.8 Å². The Morgan fingerprint density at radius 2 is 1.82 bits per heavy atom. The maximum absolute atomic E-state index is 13.5. The number of carbonyl (C=O) groups excluding carboxylic acids is 2. The number of methoxy groups -OCH3 is 1. The minimum Gasteiger partial charge on any atom is -0.496 e. The summed E-state index contributed by atoms with van der Waals surface area (Å²) < 4.78 is 5.57. The molecular formula is C26H28N4O3. The van der Waals surface area contributed by atoms with Gasteiger partial charge < -0.3 is 19.9 Å². The standard InChI is InChI=1S/C26H28N4O3/c1-27-24-17-19(12-13-28-24)25(31)30-15-14-29(2)26(32)22(30)16-18-8-4-5-9-20(18)21-10-6-7-11-23(21)33-3/h4-13,17,22H,14-16H2,1-3H3,(H,27,28)/t22-/m0/s1. The van der Waals surface area contributed by atoms with Gasteiger partial charge in [0.15, 0.2) is 0 Å². The molecule has 0 spiro atoms. The number of para-hydroxylation sites is 1. The molecule has 2 aromatic carbocycles. The average molecular weight is 445 g/mol. The summed E-state index contributed by atoms with van der Waals surface area (Å²) >= 11 is 0. The zero-order valence-electron chi connectivity index (χ0n) is 19.1. The Balaban J connectivity index is 1.70. The third-order valence-electron chi connectivity index (χ3n) is 6.07. The summed E-state index contributed by atoms with van der Waals surface area (Å²) in [6, 6.07) is 18.6. The monoisotopic (exact) mass is 444 g/mol. The average Bonchev–Trinajstić information content (AvgIpc) is 2.87. The summed E-state index contributed by atoms with van der Waals surface area (Å²) in [6.45, 7) is 0.971. The minimum atomic E-state index is -0.599. The Bertz CT molecular complexity index is 1160. The van der Waals surface area contributed by atoms with Gasteiger partial charge in [0, 0.05) is 50.9 Å². The van der Waals surface area contributed by atoms with Gasteiger partial charge in [-0.05, 0) is 29.3 Å². The molecule has 2 heterocycles. The van der Waals surface area contributed by atoms with Crippen LogP contribution in [0.3, 0.4) is 0 Å². The Labute approximate surface area is 194 Å². The zero-order chi connectivity index (χ0) is 23.4. The third-order valence-corrected chi connectivity index (χ3v) is 6.07. The highest BCUT2D eigenvalue weighted by Gasteiger charge is 2.37. The molecule has 7 heteroatoms. The van der Waals surface area contributed by atoms with Crippen LogP contribution < -0.4 is 10.1 Å². The number of anilines is 1. The molecule has 0 unspecified atom stereocenters. The Hall–Kier alpha value is -3.87. The van der Waals surface area contributed by atoms with Crippen LogP contribution in [-0.4, -0.2) is 66.9 Å². The molecule has 1 fully saturated rings. The first-order valence-corrected chi connectivity index (χ1v) is 10.9. The predicted octanol–water partition coefficient (Wildman–Crippen LogP) is 3.32. The molecule has 3 aromatic rings. The number of rotatable bonds is 6. The molecule has 1 aliphatic rings. The number of hydrogen-bond donors (Lipinski definition) is 1. The van der Waals surface area contributed by atoms with E-state index in [4.69, 9.17) is 4.74 Å². The van der Waals surface area contributed by atoms with E-state index in [0.717, 1.165) is 22.4 Å². The molecule has 0 bridgehead atoms. The number of amides is 2. The highest BCUT2D eigenvalue weighted by Crippen LogP contribution is 2.33. The lowest BCUT2D eigenvalue weighted by Gasteiger charge is -2.39. The van der Waals surface area contributed by atoms with Crippen LogP contribution in [0.5, 0.6) is 5.75 Å². The van der Waals surface area contributed by atoms with E-state index < -0.39 is 6.04 Å². The number of ether oxygens (including phenoxy) is 1. The molecule has 1 aliphatic heterocycles. The summed E-state index contributed by atoms with van der Waals surface area (Å²) in [6.07, 6.45) is 2.01. The van der Waals surface area contributed by atoms with Crippen molar-refractivity contribution < 1.29 is 14.3 Å². The van der Waals surface area contributed by atoms with Gasteiger partial charge in [-0.3, -0.25) is 9.59 Å². The molecule has 170 valence electrons. The maximum atomic E-state index is 13.5. The van der Waals surface area contributed by atoms with Crippen molar-refractivity contribution in [2.24, 2.45) is 0 Å². The van der Waals surface area contributed by atoms with Gasteiger partial charge in [-0.15, -0.1) is 0 Å². The van der Waals surface area contributed by atoms with Crippen molar-refractivity contribution in [2.45, 2.75) is 12.5 Å². The van der Waals surface area contributed by atoms with E-state index in [1.807, 2.05) is 48.5 Å². The third kappa shape index (κ3) is 4.53. The normalized spacial score (nSPS) is 16.0. The first-order chi connectivity index (χ1) is 16.0. The van der Waals surface area contributed by atoms with Crippen molar-refractivity contribution in [3.63, 3.8) is 0 Å². The van der Waals surface area contributed by atoms with Gasteiger partial charge in [0.25, 0.3) is 5.91 Å². The highest BCUT2D eigenvalue weighted by molar-refractivity contribution is 5.98. The van der Waals surface area contributed by atoms with Crippen LogP contribution in [0.1, 0.15) is 15.9 Å². The van der Waals surface area contributed by atoms with Crippen molar-refractivity contribution in [3.05, 3.63) is 78.0 Å². The molecule has 1 aromatic heterocycles. The summed E-state index contributed by atoms with van der Waals surface area (Å²) in [5, 5.41) is 2.96. The van der Waals surface area contributed by atoms with Crippen LogP contribution in [0.4, 0.5) is 5.82 Å². The SMILES string of the molecule is CNc1cc(C(=O)N2CCN(C)C(=O)[C@@H]2Cc2ccccc2-c2ccccc2OC)ccn1. The van der Waals surface area contributed by atoms with E-state index in [2.05, 4.69) is 10.3 Å². The molecule has 33 heavy (non-hydrogen) atoms. The van der Waals surface area contributed by atoms with Gasteiger partial charge in [-0.2, -0.15) is 0 Å². The zero-order valence-corrected chi connectivity index (χ0v) is 19.1. The molecule has 0 saturated carbocycles. The van der Waals surface area contributed by atoms with Crippen molar-refractivity contribution in [1.29, 1.82) is 0 Å². The quantitative estimate of drug-likeness (QED) is 0.631. The number of nitrogens with one attached hydrogen (secondary N) is 1. The second-order valence-electron chi connectivity index (χ2n) is 8.02. The van der Waals surface area contributed by atoms with Crippen molar-refractivity contribution in [3.8, 4) is 16.9 Å². The van der Waals surface area contributed by atoms with E-state index in [1.165, 1.54) is 0 Å². The number of hydrogen-bond acceptors (Lipinski definition) is 5. The van der Waals surface area contributed by atoms with Crippen molar-refractivity contribution >= 4 is 17.6 Å².